The van der Waals surface area contributed by atoms with Crippen molar-refractivity contribution in [3.8, 4) is 0 Å². The van der Waals surface area contributed by atoms with Gasteiger partial charge in [-0.3, -0.25) is 4.79 Å². The van der Waals surface area contributed by atoms with Crippen molar-refractivity contribution in [1.29, 1.82) is 0 Å². The quantitative estimate of drug-likeness (QED) is 0.691. The molecule has 1 amide bonds. The minimum Gasteiger partial charge on any atom is -0.370 e. The van der Waals surface area contributed by atoms with E-state index in [4.69, 9.17) is 10.5 Å². The molecule has 0 aliphatic rings. The Morgan fingerprint density at radius 1 is 1.47 bits per heavy atom. The maximum atomic E-state index is 13.5. The Kier molecular flexibility index (Phi) is 5.85. The molecule has 1 aromatic rings. The number of sulfonamides is 1. The van der Waals surface area contributed by atoms with Crippen molar-refractivity contribution in [2.24, 2.45) is 5.73 Å². The van der Waals surface area contributed by atoms with Gasteiger partial charge in [-0.2, -0.15) is 0 Å². The smallest absolute Gasteiger partial charge is 0.243 e. The number of primary amides is 1. The third-order valence-electron chi connectivity index (χ3n) is 1.97. The monoisotopic (exact) mass is 354 g/mol. The van der Waals surface area contributed by atoms with Gasteiger partial charge < -0.3 is 10.5 Å². The molecule has 19 heavy (non-hydrogen) atoms. The summed E-state index contributed by atoms with van der Waals surface area (Å²) in [6, 6.07) is 3.62. The highest BCUT2D eigenvalue weighted by atomic mass is 79.9. The van der Waals surface area contributed by atoms with Gasteiger partial charge in [-0.05, 0) is 18.2 Å². The van der Waals surface area contributed by atoms with Crippen molar-refractivity contribution in [2.45, 2.75) is 4.90 Å². The summed E-state index contributed by atoms with van der Waals surface area (Å²) in [5.41, 5.74) is 4.83. The summed E-state index contributed by atoms with van der Waals surface area (Å²) in [6.45, 7) is -0.431. The molecule has 0 saturated carbocycles. The maximum Gasteiger partial charge on any atom is 0.243 e. The van der Waals surface area contributed by atoms with Gasteiger partial charge in [0.25, 0.3) is 0 Å². The second kappa shape index (κ2) is 6.94. The van der Waals surface area contributed by atoms with E-state index >= 15 is 0 Å². The molecule has 0 unspecified atom stereocenters. The lowest BCUT2D eigenvalue weighted by atomic mass is 10.3. The molecular weight excluding hydrogens is 343 g/mol. The van der Waals surface area contributed by atoms with Gasteiger partial charge in [0.1, 0.15) is 17.3 Å². The number of benzene rings is 1. The maximum absolute atomic E-state index is 13.5. The molecule has 0 bridgehead atoms. The second-order valence-corrected chi connectivity index (χ2v) is 6.14. The molecule has 9 heteroatoms. The SMILES string of the molecule is NC(=O)COCCNS(=O)(=O)c1ccc(Br)cc1F. The van der Waals surface area contributed by atoms with Crippen molar-refractivity contribution in [3.05, 3.63) is 28.5 Å². The van der Waals surface area contributed by atoms with Crippen molar-refractivity contribution in [3.63, 3.8) is 0 Å². The van der Waals surface area contributed by atoms with E-state index in [-0.39, 0.29) is 19.8 Å². The van der Waals surface area contributed by atoms with Crippen LogP contribution in [0.4, 0.5) is 4.39 Å². The number of hydrogen-bond acceptors (Lipinski definition) is 4. The lowest BCUT2D eigenvalue weighted by Crippen LogP contribution is -2.29. The fourth-order valence-electron chi connectivity index (χ4n) is 1.19. The van der Waals surface area contributed by atoms with Crippen LogP contribution in [0.5, 0.6) is 0 Å². The predicted molar refractivity (Wildman–Crippen MR) is 69.3 cm³/mol. The molecule has 0 aliphatic carbocycles. The molecule has 3 N–H and O–H groups in total. The van der Waals surface area contributed by atoms with Gasteiger partial charge in [-0.15, -0.1) is 0 Å². The van der Waals surface area contributed by atoms with Gasteiger partial charge in [0.2, 0.25) is 15.9 Å². The highest BCUT2D eigenvalue weighted by molar-refractivity contribution is 9.10. The molecule has 6 nitrogen and oxygen atoms in total. The molecule has 0 spiro atoms. The van der Waals surface area contributed by atoms with E-state index in [1.807, 2.05) is 0 Å². The lowest BCUT2D eigenvalue weighted by Gasteiger charge is -2.08. The standard InChI is InChI=1S/C10H12BrFN2O4S/c11-7-1-2-9(8(12)5-7)19(16,17)14-3-4-18-6-10(13)15/h1-2,5,14H,3-4,6H2,(H2,13,15). The molecule has 1 rings (SSSR count). The van der Waals surface area contributed by atoms with E-state index in [9.17, 15) is 17.6 Å². The van der Waals surface area contributed by atoms with Crippen LogP contribution in [0.2, 0.25) is 0 Å². The fourth-order valence-corrected chi connectivity index (χ4v) is 2.60. The average molecular weight is 355 g/mol. The Bertz CT molecular complexity index is 565. The second-order valence-electron chi connectivity index (χ2n) is 3.49. The molecule has 0 radical (unpaired) electrons. The predicted octanol–water partition coefficient (Wildman–Crippen LogP) is 0.368. The Morgan fingerprint density at radius 3 is 2.74 bits per heavy atom. The van der Waals surface area contributed by atoms with Gasteiger partial charge in [-0.25, -0.2) is 17.5 Å². The summed E-state index contributed by atoms with van der Waals surface area (Å²) >= 11 is 3.03. The molecule has 0 aliphatic heterocycles. The molecule has 1 aromatic carbocycles. The van der Waals surface area contributed by atoms with E-state index in [0.717, 1.165) is 12.1 Å². The summed E-state index contributed by atoms with van der Waals surface area (Å²) in [6.07, 6.45) is 0. The number of hydrogen-bond donors (Lipinski definition) is 2. The largest absolute Gasteiger partial charge is 0.370 e. The zero-order chi connectivity index (χ0) is 14.5. The Balaban J connectivity index is 2.59. The number of halogens is 2. The van der Waals surface area contributed by atoms with Gasteiger partial charge in [0, 0.05) is 11.0 Å². The molecule has 0 aromatic heterocycles. The van der Waals surface area contributed by atoms with Gasteiger partial charge in [-0.1, -0.05) is 15.9 Å². The first-order valence-corrected chi connectivity index (χ1v) is 7.41. The van der Waals surface area contributed by atoms with Crippen molar-refractivity contribution in [1.82, 2.24) is 4.72 Å². The third-order valence-corrected chi connectivity index (χ3v) is 3.95. The van der Waals surface area contributed by atoms with Crippen LogP contribution in [0, 0.1) is 5.82 Å². The van der Waals surface area contributed by atoms with Crippen LogP contribution in [0.25, 0.3) is 0 Å². The first-order chi connectivity index (χ1) is 8.83. The number of carbonyl (C=O) groups is 1. The number of nitrogens with one attached hydrogen (secondary N) is 1. The minimum absolute atomic E-state index is 0.0414. The number of rotatable bonds is 7. The summed E-state index contributed by atoms with van der Waals surface area (Å²) in [7, 11) is -3.95. The Labute approximate surface area is 118 Å². The van der Waals surface area contributed by atoms with Gasteiger partial charge in [0.05, 0.1) is 6.61 Å². The number of ether oxygens (including phenoxy) is 1. The minimum atomic E-state index is -3.95. The molecular formula is C10H12BrFN2O4S. The molecule has 0 fully saturated rings. The van der Waals surface area contributed by atoms with Crippen LogP contribution in [-0.4, -0.2) is 34.1 Å². The van der Waals surface area contributed by atoms with E-state index < -0.39 is 26.6 Å². The van der Waals surface area contributed by atoms with Crippen LogP contribution in [0.1, 0.15) is 0 Å². The third kappa shape index (κ3) is 5.23. The van der Waals surface area contributed by atoms with Crippen LogP contribution >= 0.6 is 15.9 Å². The summed E-state index contributed by atoms with van der Waals surface area (Å²) in [5, 5.41) is 0. The number of nitrogens with two attached hydrogens (primary N) is 1. The zero-order valence-electron chi connectivity index (χ0n) is 9.73. The molecule has 0 saturated heterocycles. The summed E-state index contributed by atoms with van der Waals surface area (Å²) < 4.78 is 44.3. The highest BCUT2D eigenvalue weighted by Crippen LogP contribution is 2.18. The van der Waals surface area contributed by atoms with Crippen molar-refractivity contribution >= 4 is 31.9 Å². The first-order valence-electron chi connectivity index (χ1n) is 5.13. The number of carbonyl (C=O) groups excluding carboxylic acids is 1. The van der Waals surface area contributed by atoms with Crippen LogP contribution in [0.15, 0.2) is 27.6 Å². The summed E-state index contributed by atoms with van der Waals surface area (Å²) in [4.78, 5) is 9.91. The fraction of sp³-hybridized carbons (Fsp3) is 0.300. The van der Waals surface area contributed by atoms with E-state index in [1.165, 1.54) is 6.07 Å². The summed E-state index contributed by atoms with van der Waals surface area (Å²) in [5.74, 6) is -1.51. The highest BCUT2D eigenvalue weighted by Gasteiger charge is 2.18. The van der Waals surface area contributed by atoms with Crippen LogP contribution < -0.4 is 10.5 Å². The molecule has 0 atom stereocenters. The Hall–Kier alpha value is -1.03. The average Bonchev–Trinajstić information content (AvgIpc) is 2.27. The van der Waals surface area contributed by atoms with Crippen molar-refractivity contribution in [2.75, 3.05) is 19.8 Å². The van der Waals surface area contributed by atoms with Crippen LogP contribution in [-0.2, 0) is 19.6 Å². The van der Waals surface area contributed by atoms with E-state index in [0.29, 0.717) is 4.47 Å². The lowest BCUT2D eigenvalue weighted by molar-refractivity contribution is -0.122. The molecule has 0 heterocycles. The number of amides is 1. The Morgan fingerprint density at radius 2 is 2.16 bits per heavy atom. The topological polar surface area (TPSA) is 98.5 Å². The zero-order valence-corrected chi connectivity index (χ0v) is 12.1. The van der Waals surface area contributed by atoms with E-state index in [1.54, 1.807) is 0 Å². The van der Waals surface area contributed by atoms with E-state index in [2.05, 4.69) is 20.7 Å². The van der Waals surface area contributed by atoms with Crippen LogP contribution in [0.3, 0.4) is 0 Å². The van der Waals surface area contributed by atoms with Gasteiger partial charge in [0.15, 0.2) is 0 Å². The molecule has 106 valence electrons. The van der Waals surface area contributed by atoms with Gasteiger partial charge >= 0.3 is 0 Å². The normalized spacial score (nSPS) is 11.5. The van der Waals surface area contributed by atoms with Crippen molar-refractivity contribution < 1.29 is 22.3 Å². The first kappa shape index (κ1) is 16.0.